The summed E-state index contributed by atoms with van der Waals surface area (Å²) in [5.74, 6) is 0.344. The summed E-state index contributed by atoms with van der Waals surface area (Å²) in [5.41, 5.74) is 2.01. The zero-order valence-electron chi connectivity index (χ0n) is 16.4. The molecule has 0 spiro atoms. The summed E-state index contributed by atoms with van der Waals surface area (Å²) in [6, 6.07) is 24.0. The van der Waals surface area contributed by atoms with Gasteiger partial charge in [0, 0.05) is 5.56 Å². The Balaban J connectivity index is 1.80. The number of nitrogens with one attached hydrogen (secondary N) is 1. The van der Waals surface area contributed by atoms with Crippen molar-refractivity contribution in [1.29, 1.82) is 0 Å². The number of nitrogens with zero attached hydrogens (tertiary/aromatic N) is 1. The Morgan fingerprint density at radius 3 is 2.03 bits per heavy atom. The molecule has 0 aromatic heterocycles. The first-order valence-corrected chi connectivity index (χ1v) is 9.45. The molecule has 5 nitrogen and oxygen atoms in total. The molecule has 1 fully saturated rings. The van der Waals surface area contributed by atoms with Gasteiger partial charge in [-0.05, 0) is 24.1 Å². The fourth-order valence-corrected chi connectivity index (χ4v) is 3.86. The van der Waals surface area contributed by atoms with E-state index in [9.17, 15) is 9.59 Å². The number of urea groups is 1. The van der Waals surface area contributed by atoms with Gasteiger partial charge in [0.2, 0.25) is 0 Å². The average molecular weight is 386 g/mol. The van der Waals surface area contributed by atoms with Gasteiger partial charge < -0.3 is 10.1 Å². The third kappa shape index (κ3) is 3.14. The van der Waals surface area contributed by atoms with Crippen molar-refractivity contribution >= 4 is 11.9 Å². The molecule has 3 aromatic carbocycles. The van der Waals surface area contributed by atoms with E-state index in [1.807, 2.05) is 85.8 Å². The van der Waals surface area contributed by atoms with Crippen LogP contribution in [0.3, 0.4) is 0 Å². The number of hydrogen-bond donors (Lipinski definition) is 1. The standard InChI is InChI=1S/C24H22N2O3/c1-17-13-14-21(29-2)18(15-17)16-26-22(27)24(25-23(26)28,19-9-5-3-6-10-19)20-11-7-4-8-12-20/h3-15H,16H2,1-2H3,(H,25,28). The van der Waals surface area contributed by atoms with Crippen LogP contribution in [0.4, 0.5) is 4.79 Å². The Morgan fingerprint density at radius 1 is 0.897 bits per heavy atom. The van der Waals surface area contributed by atoms with Crippen LogP contribution in [0.15, 0.2) is 78.9 Å². The molecule has 1 heterocycles. The molecule has 0 atom stereocenters. The molecule has 146 valence electrons. The van der Waals surface area contributed by atoms with Crippen LogP contribution in [0.25, 0.3) is 0 Å². The minimum Gasteiger partial charge on any atom is -0.496 e. The minimum atomic E-state index is -1.25. The molecule has 4 rings (SSSR count). The molecule has 0 radical (unpaired) electrons. The highest BCUT2D eigenvalue weighted by Gasteiger charge is 2.53. The monoisotopic (exact) mass is 386 g/mol. The van der Waals surface area contributed by atoms with Crippen molar-refractivity contribution in [1.82, 2.24) is 10.2 Å². The lowest BCUT2D eigenvalue weighted by Gasteiger charge is -2.28. The lowest BCUT2D eigenvalue weighted by atomic mass is 9.82. The second-order valence-electron chi connectivity index (χ2n) is 7.12. The topological polar surface area (TPSA) is 58.6 Å². The van der Waals surface area contributed by atoms with Crippen LogP contribution >= 0.6 is 0 Å². The van der Waals surface area contributed by atoms with E-state index in [-0.39, 0.29) is 12.5 Å². The van der Waals surface area contributed by atoms with E-state index in [0.717, 1.165) is 22.3 Å². The van der Waals surface area contributed by atoms with Gasteiger partial charge >= 0.3 is 6.03 Å². The number of aryl methyl sites for hydroxylation is 1. The van der Waals surface area contributed by atoms with Crippen LogP contribution in [-0.2, 0) is 16.9 Å². The van der Waals surface area contributed by atoms with E-state index in [2.05, 4.69) is 5.32 Å². The van der Waals surface area contributed by atoms with Crippen molar-refractivity contribution in [2.45, 2.75) is 19.0 Å². The predicted molar refractivity (Wildman–Crippen MR) is 110 cm³/mol. The maximum Gasteiger partial charge on any atom is 0.325 e. The van der Waals surface area contributed by atoms with Gasteiger partial charge in [-0.1, -0.05) is 78.4 Å². The molecule has 3 aromatic rings. The third-order valence-electron chi connectivity index (χ3n) is 5.28. The summed E-state index contributed by atoms with van der Waals surface area (Å²) in [6.07, 6.45) is 0. The number of amides is 3. The molecule has 1 aliphatic heterocycles. The largest absolute Gasteiger partial charge is 0.496 e. The highest BCUT2D eigenvalue weighted by molar-refractivity contribution is 6.09. The first kappa shape index (κ1) is 18.7. The lowest BCUT2D eigenvalue weighted by molar-refractivity contribution is -0.130. The number of hydrogen-bond acceptors (Lipinski definition) is 3. The quantitative estimate of drug-likeness (QED) is 0.675. The van der Waals surface area contributed by atoms with Crippen LogP contribution in [0.2, 0.25) is 0 Å². The van der Waals surface area contributed by atoms with E-state index in [0.29, 0.717) is 5.75 Å². The van der Waals surface area contributed by atoms with Crippen molar-refractivity contribution in [3.05, 3.63) is 101 Å². The summed E-state index contributed by atoms with van der Waals surface area (Å²) in [6.45, 7) is 2.10. The smallest absolute Gasteiger partial charge is 0.325 e. The van der Waals surface area contributed by atoms with Gasteiger partial charge in [0.25, 0.3) is 5.91 Å². The first-order chi connectivity index (χ1) is 14.1. The Labute approximate surface area is 169 Å². The SMILES string of the molecule is COc1ccc(C)cc1CN1C(=O)NC(c2ccccc2)(c2ccccc2)C1=O. The van der Waals surface area contributed by atoms with Crippen LogP contribution in [0, 0.1) is 6.92 Å². The number of carbonyl (C=O) groups excluding carboxylic acids is 2. The lowest BCUT2D eigenvalue weighted by Crippen LogP contribution is -2.45. The Morgan fingerprint density at radius 2 is 1.48 bits per heavy atom. The summed E-state index contributed by atoms with van der Waals surface area (Å²) in [5, 5.41) is 2.97. The van der Waals surface area contributed by atoms with Gasteiger partial charge in [0.15, 0.2) is 5.54 Å². The molecule has 29 heavy (non-hydrogen) atoms. The van der Waals surface area contributed by atoms with E-state index in [1.54, 1.807) is 7.11 Å². The number of carbonyl (C=O) groups is 2. The molecule has 1 saturated heterocycles. The molecule has 1 N–H and O–H groups in total. The van der Waals surface area contributed by atoms with Crippen LogP contribution < -0.4 is 10.1 Å². The maximum atomic E-state index is 13.7. The molecule has 0 unspecified atom stereocenters. The molecule has 5 heteroatoms. The van der Waals surface area contributed by atoms with Gasteiger partial charge in [-0.2, -0.15) is 0 Å². The molecule has 0 bridgehead atoms. The van der Waals surface area contributed by atoms with E-state index < -0.39 is 11.6 Å². The number of ether oxygens (including phenoxy) is 1. The fourth-order valence-electron chi connectivity index (χ4n) is 3.86. The van der Waals surface area contributed by atoms with Crippen LogP contribution in [-0.4, -0.2) is 23.9 Å². The first-order valence-electron chi connectivity index (χ1n) is 9.45. The number of rotatable bonds is 5. The number of benzene rings is 3. The molecule has 0 aliphatic carbocycles. The van der Waals surface area contributed by atoms with Gasteiger partial charge in [-0.15, -0.1) is 0 Å². The minimum absolute atomic E-state index is 0.136. The van der Waals surface area contributed by atoms with Gasteiger partial charge in [0.05, 0.1) is 13.7 Å². The van der Waals surface area contributed by atoms with Crippen molar-refractivity contribution in [3.63, 3.8) is 0 Å². The fraction of sp³-hybridized carbons (Fsp3) is 0.167. The normalized spacial score (nSPS) is 15.3. The van der Waals surface area contributed by atoms with Crippen molar-refractivity contribution < 1.29 is 14.3 Å². The third-order valence-corrected chi connectivity index (χ3v) is 5.28. The Bertz CT molecular complexity index is 1010. The summed E-state index contributed by atoms with van der Waals surface area (Å²) >= 11 is 0. The van der Waals surface area contributed by atoms with E-state index in [4.69, 9.17) is 4.74 Å². The zero-order valence-corrected chi connectivity index (χ0v) is 16.4. The highest BCUT2D eigenvalue weighted by atomic mass is 16.5. The van der Waals surface area contributed by atoms with Gasteiger partial charge in [-0.25, -0.2) is 4.79 Å². The number of imide groups is 1. The summed E-state index contributed by atoms with van der Waals surface area (Å²) in [7, 11) is 1.58. The van der Waals surface area contributed by atoms with Gasteiger partial charge in [-0.3, -0.25) is 9.69 Å². The summed E-state index contributed by atoms with van der Waals surface area (Å²) < 4.78 is 5.43. The molecule has 3 amide bonds. The predicted octanol–water partition coefficient (Wildman–Crippen LogP) is 4.00. The molecular weight excluding hydrogens is 364 g/mol. The highest BCUT2D eigenvalue weighted by Crippen LogP contribution is 2.37. The van der Waals surface area contributed by atoms with Crippen LogP contribution in [0.1, 0.15) is 22.3 Å². The summed E-state index contributed by atoms with van der Waals surface area (Å²) in [4.78, 5) is 28.0. The molecule has 1 aliphatic rings. The second kappa shape index (κ2) is 7.43. The van der Waals surface area contributed by atoms with E-state index >= 15 is 0 Å². The van der Waals surface area contributed by atoms with Crippen molar-refractivity contribution in [3.8, 4) is 5.75 Å². The second-order valence-corrected chi connectivity index (χ2v) is 7.12. The maximum absolute atomic E-state index is 13.7. The van der Waals surface area contributed by atoms with Crippen molar-refractivity contribution in [2.24, 2.45) is 0 Å². The van der Waals surface area contributed by atoms with E-state index in [1.165, 1.54) is 4.90 Å². The van der Waals surface area contributed by atoms with Gasteiger partial charge in [0.1, 0.15) is 5.75 Å². The Hall–Kier alpha value is -3.60. The zero-order chi connectivity index (χ0) is 20.4. The number of methoxy groups -OCH3 is 1. The average Bonchev–Trinajstić information content (AvgIpc) is 3.01. The molecular formula is C24H22N2O3. The van der Waals surface area contributed by atoms with Crippen LogP contribution in [0.5, 0.6) is 5.75 Å². The molecule has 0 saturated carbocycles. The Kier molecular flexibility index (Phi) is 4.80. The van der Waals surface area contributed by atoms with Crippen molar-refractivity contribution in [2.75, 3.05) is 7.11 Å².